The minimum atomic E-state index is 0.120. The van der Waals surface area contributed by atoms with Crippen LogP contribution < -0.4 is 5.32 Å². The summed E-state index contributed by atoms with van der Waals surface area (Å²) in [4.78, 5) is 11.1. The molecule has 0 aromatic rings. The van der Waals surface area contributed by atoms with Gasteiger partial charge in [0, 0.05) is 13.0 Å². The Balaban J connectivity index is 2.58. The van der Waals surface area contributed by atoms with Gasteiger partial charge in [-0.25, -0.2) is 0 Å². The summed E-state index contributed by atoms with van der Waals surface area (Å²) in [5.74, 6) is 2.24. The van der Waals surface area contributed by atoms with Crippen LogP contribution in [-0.2, 0) is 4.79 Å². The van der Waals surface area contributed by atoms with E-state index in [0.29, 0.717) is 17.9 Å². The molecule has 0 radical (unpaired) electrons. The SMILES string of the molecule is CC(=O)N[C@@H]1C[C@H](C)CC[C@@H]1C(C)C. The molecular weight excluding hydrogens is 174 g/mol. The Bertz CT molecular complexity index is 200. The summed E-state index contributed by atoms with van der Waals surface area (Å²) in [7, 11) is 0. The van der Waals surface area contributed by atoms with E-state index in [2.05, 4.69) is 26.1 Å². The normalized spacial score (nSPS) is 33.1. The van der Waals surface area contributed by atoms with Crippen LogP contribution in [0.1, 0.15) is 47.0 Å². The van der Waals surface area contributed by atoms with E-state index >= 15 is 0 Å². The summed E-state index contributed by atoms with van der Waals surface area (Å²) < 4.78 is 0. The second-order valence-corrected chi connectivity index (χ2v) is 5.13. The van der Waals surface area contributed by atoms with Gasteiger partial charge in [-0.3, -0.25) is 4.79 Å². The summed E-state index contributed by atoms with van der Waals surface area (Å²) in [6.07, 6.45) is 3.74. The fraction of sp³-hybridized carbons (Fsp3) is 0.917. The van der Waals surface area contributed by atoms with Crippen molar-refractivity contribution < 1.29 is 4.79 Å². The molecule has 82 valence electrons. The fourth-order valence-electron chi connectivity index (χ4n) is 2.63. The van der Waals surface area contributed by atoms with Crippen molar-refractivity contribution >= 4 is 5.91 Å². The number of hydrogen-bond donors (Lipinski definition) is 1. The van der Waals surface area contributed by atoms with E-state index in [-0.39, 0.29) is 5.91 Å². The second kappa shape index (κ2) is 4.81. The first kappa shape index (κ1) is 11.5. The van der Waals surface area contributed by atoms with E-state index < -0.39 is 0 Å². The van der Waals surface area contributed by atoms with E-state index in [4.69, 9.17) is 0 Å². The Hall–Kier alpha value is -0.530. The predicted octanol–water partition coefficient (Wildman–Crippen LogP) is 2.58. The number of amides is 1. The van der Waals surface area contributed by atoms with Gasteiger partial charge < -0.3 is 5.32 Å². The molecule has 14 heavy (non-hydrogen) atoms. The first-order chi connectivity index (χ1) is 6.50. The van der Waals surface area contributed by atoms with Crippen LogP contribution in [0.3, 0.4) is 0 Å². The third-order valence-corrected chi connectivity index (χ3v) is 3.41. The van der Waals surface area contributed by atoms with E-state index in [0.717, 1.165) is 12.3 Å². The number of rotatable bonds is 2. The Kier molecular flexibility index (Phi) is 3.97. The molecular formula is C12H23NO. The van der Waals surface area contributed by atoms with Gasteiger partial charge in [-0.2, -0.15) is 0 Å². The van der Waals surface area contributed by atoms with Crippen molar-refractivity contribution in [2.45, 2.75) is 53.0 Å². The highest BCUT2D eigenvalue weighted by molar-refractivity contribution is 5.73. The molecule has 0 saturated heterocycles. The molecule has 1 fully saturated rings. The Morgan fingerprint density at radius 3 is 2.50 bits per heavy atom. The van der Waals surface area contributed by atoms with Gasteiger partial charge in [-0.05, 0) is 30.6 Å². The van der Waals surface area contributed by atoms with Crippen LogP contribution in [-0.4, -0.2) is 11.9 Å². The zero-order chi connectivity index (χ0) is 10.7. The molecule has 1 rings (SSSR count). The van der Waals surface area contributed by atoms with Gasteiger partial charge in [0.25, 0.3) is 0 Å². The van der Waals surface area contributed by atoms with Crippen molar-refractivity contribution in [3.63, 3.8) is 0 Å². The minimum Gasteiger partial charge on any atom is -0.353 e. The van der Waals surface area contributed by atoms with Gasteiger partial charge in [0.15, 0.2) is 0 Å². The summed E-state index contributed by atoms with van der Waals surface area (Å²) in [6.45, 7) is 8.42. The lowest BCUT2D eigenvalue weighted by atomic mass is 9.74. The van der Waals surface area contributed by atoms with Gasteiger partial charge in [0.2, 0.25) is 5.91 Å². The number of carbonyl (C=O) groups excluding carboxylic acids is 1. The molecule has 0 heterocycles. The lowest BCUT2D eigenvalue weighted by Crippen LogP contribution is -2.44. The topological polar surface area (TPSA) is 29.1 Å². The highest BCUT2D eigenvalue weighted by Crippen LogP contribution is 2.33. The summed E-state index contributed by atoms with van der Waals surface area (Å²) in [6, 6.07) is 0.413. The average molecular weight is 197 g/mol. The van der Waals surface area contributed by atoms with Gasteiger partial charge >= 0.3 is 0 Å². The number of hydrogen-bond acceptors (Lipinski definition) is 1. The first-order valence-electron chi connectivity index (χ1n) is 5.77. The van der Waals surface area contributed by atoms with Crippen LogP contribution in [0.5, 0.6) is 0 Å². The second-order valence-electron chi connectivity index (χ2n) is 5.13. The molecule has 2 nitrogen and oxygen atoms in total. The first-order valence-corrected chi connectivity index (χ1v) is 5.77. The maximum absolute atomic E-state index is 11.1. The molecule has 1 amide bonds. The number of nitrogens with one attached hydrogen (secondary N) is 1. The van der Waals surface area contributed by atoms with E-state index in [1.807, 2.05) is 0 Å². The van der Waals surface area contributed by atoms with Crippen molar-refractivity contribution in [1.82, 2.24) is 5.32 Å². The lowest BCUT2D eigenvalue weighted by Gasteiger charge is -2.37. The van der Waals surface area contributed by atoms with Crippen LogP contribution >= 0.6 is 0 Å². The molecule has 0 aliphatic heterocycles. The molecule has 0 unspecified atom stereocenters. The number of carbonyl (C=O) groups is 1. The molecule has 1 N–H and O–H groups in total. The average Bonchev–Trinajstić information content (AvgIpc) is 2.01. The monoisotopic (exact) mass is 197 g/mol. The molecule has 0 aromatic heterocycles. The Morgan fingerprint density at radius 2 is 2.00 bits per heavy atom. The molecule has 3 atom stereocenters. The highest BCUT2D eigenvalue weighted by Gasteiger charge is 2.30. The summed E-state index contributed by atoms with van der Waals surface area (Å²) in [5.41, 5.74) is 0. The summed E-state index contributed by atoms with van der Waals surface area (Å²) in [5, 5.41) is 3.10. The van der Waals surface area contributed by atoms with Gasteiger partial charge in [-0.15, -0.1) is 0 Å². The maximum atomic E-state index is 11.1. The lowest BCUT2D eigenvalue weighted by molar-refractivity contribution is -0.120. The Labute approximate surface area is 87.5 Å². The predicted molar refractivity (Wildman–Crippen MR) is 58.9 cm³/mol. The molecule has 0 spiro atoms. The standard InChI is InChI=1S/C12H23NO/c1-8(2)11-6-5-9(3)7-12(11)13-10(4)14/h8-9,11-12H,5-7H2,1-4H3,(H,13,14)/t9-,11-,12-/m1/s1. The highest BCUT2D eigenvalue weighted by atomic mass is 16.1. The molecule has 2 heteroatoms. The minimum absolute atomic E-state index is 0.120. The van der Waals surface area contributed by atoms with Gasteiger partial charge in [0.1, 0.15) is 0 Å². The molecule has 0 aromatic carbocycles. The van der Waals surface area contributed by atoms with Crippen LogP contribution in [0.15, 0.2) is 0 Å². The molecule has 0 bridgehead atoms. The van der Waals surface area contributed by atoms with Crippen LogP contribution in [0.4, 0.5) is 0 Å². The van der Waals surface area contributed by atoms with Crippen LogP contribution in [0, 0.1) is 17.8 Å². The zero-order valence-corrected chi connectivity index (χ0v) is 9.84. The smallest absolute Gasteiger partial charge is 0.217 e. The maximum Gasteiger partial charge on any atom is 0.217 e. The quantitative estimate of drug-likeness (QED) is 0.724. The van der Waals surface area contributed by atoms with Crippen molar-refractivity contribution in [3.8, 4) is 0 Å². The van der Waals surface area contributed by atoms with Crippen LogP contribution in [0.2, 0.25) is 0 Å². The Morgan fingerprint density at radius 1 is 1.36 bits per heavy atom. The molecule has 1 aliphatic carbocycles. The molecule has 1 saturated carbocycles. The summed E-state index contributed by atoms with van der Waals surface area (Å²) >= 11 is 0. The zero-order valence-electron chi connectivity index (χ0n) is 9.84. The van der Waals surface area contributed by atoms with Gasteiger partial charge in [-0.1, -0.05) is 27.2 Å². The largest absolute Gasteiger partial charge is 0.353 e. The van der Waals surface area contributed by atoms with Crippen LogP contribution in [0.25, 0.3) is 0 Å². The molecule has 1 aliphatic rings. The van der Waals surface area contributed by atoms with E-state index in [1.54, 1.807) is 6.92 Å². The fourth-order valence-corrected chi connectivity index (χ4v) is 2.63. The van der Waals surface area contributed by atoms with Crippen molar-refractivity contribution in [2.24, 2.45) is 17.8 Å². The van der Waals surface area contributed by atoms with Gasteiger partial charge in [0.05, 0.1) is 0 Å². The van der Waals surface area contributed by atoms with Crippen molar-refractivity contribution in [1.29, 1.82) is 0 Å². The third-order valence-electron chi connectivity index (χ3n) is 3.41. The third kappa shape index (κ3) is 3.00. The van der Waals surface area contributed by atoms with E-state index in [1.165, 1.54) is 12.8 Å². The van der Waals surface area contributed by atoms with Crippen molar-refractivity contribution in [2.75, 3.05) is 0 Å². The van der Waals surface area contributed by atoms with E-state index in [9.17, 15) is 4.79 Å². The van der Waals surface area contributed by atoms with Crippen molar-refractivity contribution in [3.05, 3.63) is 0 Å².